The van der Waals surface area contributed by atoms with E-state index in [4.69, 9.17) is 9.47 Å². The molecule has 2 unspecified atom stereocenters. The van der Waals surface area contributed by atoms with Gasteiger partial charge in [0.15, 0.2) is 0 Å². The molecule has 0 bridgehead atoms. The van der Waals surface area contributed by atoms with Crippen LogP contribution in [0.4, 0.5) is 0 Å². The molecule has 3 rings (SSSR count). The van der Waals surface area contributed by atoms with Gasteiger partial charge in [-0.05, 0) is 55.8 Å². The molecule has 1 aliphatic rings. The number of benzene rings is 2. The zero-order chi connectivity index (χ0) is 20.5. The quantitative estimate of drug-likeness (QED) is 0.658. The SMILES string of the molecule is CCN(CC)C(CNC(=O)c1ccc(OCC2CCCO2)cc1)c1ccccc1. The van der Waals surface area contributed by atoms with Crippen LogP contribution in [-0.4, -0.2) is 49.8 Å². The molecule has 0 aromatic heterocycles. The predicted octanol–water partition coefficient (Wildman–Crippen LogP) is 4.06. The Hall–Kier alpha value is -2.37. The fraction of sp³-hybridized carbons (Fsp3) is 0.458. The lowest BCUT2D eigenvalue weighted by molar-refractivity contribution is 0.0679. The average molecular weight is 397 g/mol. The topological polar surface area (TPSA) is 50.8 Å². The van der Waals surface area contributed by atoms with Crippen molar-refractivity contribution in [2.45, 2.75) is 38.8 Å². The zero-order valence-electron chi connectivity index (χ0n) is 17.5. The zero-order valence-corrected chi connectivity index (χ0v) is 17.5. The maximum Gasteiger partial charge on any atom is 0.251 e. The number of amides is 1. The Morgan fingerprint density at radius 1 is 1.14 bits per heavy atom. The Morgan fingerprint density at radius 2 is 1.86 bits per heavy atom. The molecule has 0 saturated carbocycles. The third-order valence-corrected chi connectivity index (χ3v) is 5.47. The van der Waals surface area contributed by atoms with Crippen molar-refractivity contribution >= 4 is 5.91 Å². The molecule has 2 atom stereocenters. The summed E-state index contributed by atoms with van der Waals surface area (Å²) in [5, 5.41) is 3.10. The molecule has 1 heterocycles. The van der Waals surface area contributed by atoms with Gasteiger partial charge in [-0.2, -0.15) is 0 Å². The van der Waals surface area contributed by atoms with E-state index in [0.29, 0.717) is 18.7 Å². The average Bonchev–Trinajstić information content (AvgIpc) is 3.30. The highest BCUT2D eigenvalue weighted by molar-refractivity contribution is 5.94. The van der Waals surface area contributed by atoms with E-state index in [-0.39, 0.29) is 18.1 Å². The van der Waals surface area contributed by atoms with E-state index < -0.39 is 0 Å². The highest BCUT2D eigenvalue weighted by Gasteiger charge is 2.19. The van der Waals surface area contributed by atoms with Crippen molar-refractivity contribution in [3.63, 3.8) is 0 Å². The van der Waals surface area contributed by atoms with Gasteiger partial charge < -0.3 is 14.8 Å². The summed E-state index contributed by atoms with van der Waals surface area (Å²) >= 11 is 0. The van der Waals surface area contributed by atoms with E-state index >= 15 is 0 Å². The lowest BCUT2D eigenvalue weighted by Gasteiger charge is -2.30. The maximum absolute atomic E-state index is 12.7. The number of nitrogens with one attached hydrogen (secondary N) is 1. The van der Waals surface area contributed by atoms with Crippen molar-refractivity contribution in [3.05, 3.63) is 65.7 Å². The number of carbonyl (C=O) groups excluding carboxylic acids is 1. The molecule has 5 heteroatoms. The lowest BCUT2D eigenvalue weighted by atomic mass is 10.0. The van der Waals surface area contributed by atoms with E-state index in [2.05, 4.69) is 36.2 Å². The van der Waals surface area contributed by atoms with E-state index in [1.807, 2.05) is 42.5 Å². The van der Waals surface area contributed by atoms with Crippen LogP contribution in [0.5, 0.6) is 5.75 Å². The molecule has 1 N–H and O–H groups in total. The summed E-state index contributed by atoms with van der Waals surface area (Å²) < 4.78 is 11.3. The number of nitrogens with zero attached hydrogens (tertiary/aromatic N) is 1. The first-order valence-corrected chi connectivity index (χ1v) is 10.6. The van der Waals surface area contributed by atoms with Crippen LogP contribution in [0.2, 0.25) is 0 Å². The number of hydrogen-bond donors (Lipinski definition) is 1. The summed E-state index contributed by atoms with van der Waals surface area (Å²) in [7, 11) is 0. The Morgan fingerprint density at radius 3 is 2.48 bits per heavy atom. The second-order valence-electron chi connectivity index (χ2n) is 7.33. The van der Waals surface area contributed by atoms with Gasteiger partial charge in [-0.15, -0.1) is 0 Å². The van der Waals surface area contributed by atoms with Crippen LogP contribution in [0.3, 0.4) is 0 Å². The van der Waals surface area contributed by atoms with E-state index in [1.54, 1.807) is 0 Å². The van der Waals surface area contributed by atoms with Gasteiger partial charge in [-0.25, -0.2) is 0 Å². The van der Waals surface area contributed by atoms with Gasteiger partial charge in [0.2, 0.25) is 0 Å². The number of hydrogen-bond acceptors (Lipinski definition) is 4. The van der Waals surface area contributed by atoms with Gasteiger partial charge in [-0.1, -0.05) is 44.2 Å². The van der Waals surface area contributed by atoms with Crippen molar-refractivity contribution in [1.29, 1.82) is 0 Å². The Labute approximate surface area is 174 Å². The van der Waals surface area contributed by atoms with Gasteiger partial charge in [0, 0.05) is 18.7 Å². The molecule has 0 spiro atoms. The van der Waals surface area contributed by atoms with Gasteiger partial charge in [0.1, 0.15) is 12.4 Å². The molecule has 1 aliphatic heterocycles. The van der Waals surface area contributed by atoms with Crippen molar-refractivity contribution in [3.8, 4) is 5.75 Å². The van der Waals surface area contributed by atoms with Gasteiger partial charge in [-0.3, -0.25) is 9.69 Å². The molecular weight excluding hydrogens is 364 g/mol. The fourth-order valence-corrected chi connectivity index (χ4v) is 3.76. The summed E-state index contributed by atoms with van der Waals surface area (Å²) in [6.45, 7) is 8.12. The minimum atomic E-state index is -0.0660. The second-order valence-corrected chi connectivity index (χ2v) is 7.33. The highest BCUT2D eigenvalue weighted by atomic mass is 16.5. The summed E-state index contributed by atoms with van der Waals surface area (Å²) in [5.74, 6) is 0.700. The molecule has 2 aromatic carbocycles. The Kier molecular flexibility index (Phi) is 8.08. The van der Waals surface area contributed by atoms with Crippen LogP contribution in [0.15, 0.2) is 54.6 Å². The summed E-state index contributed by atoms with van der Waals surface area (Å²) in [6, 6.07) is 17.8. The third-order valence-electron chi connectivity index (χ3n) is 5.47. The van der Waals surface area contributed by atoms with Crippen LogP contribution in [-0.2, 0) is 4.74 Å². The lowest BCUT2D eigenvalue weighted by Crippen LogP contribution is -2.38. The van der Waals surface area contributed by atoms with Crippen LogP contribution in [0.1, 0.15) is 48.7 Å². The molecule has 1 amide bonds. The minimum absolute atomic E-state index is 0.0660. The number of ether oxygens (including phenoxy) is 2. The molecule has 1 saturated heterocycles. The van der Waals surface area contributed by atoms with E-state index in [0.717, 1.165) is 38.3 Å². The Balaban J connectivity index is 1.56. The first-order chi connectivity index (χ1) is 14.2. The van der Waals surface area contributed by atoms with Crippen molar-refractivity contribution in [2.75, 3.05) is 32.8 Å². The monoisotopic (exact) mass is 396 g/mol. The normalized spacial score (nSPS) is 17.3. The largest absolute Gasteiger partial charge is 0.491 e. The van der Waals surface area contributed by atoms with Gasteiger partial charge in [0.25, 0.3) is 5.91 Å². The molecule has 2 aromatic rings. The maximum atomic E-state index is 12.7. The van der Waals surface area contributed by atoms with Crippen molar-refractivity contribution < 1.29 is 14.3 Å². The highest BCUT2D eigenvalue weighted by Crippen LogP contribution is 2.20. The van der Waals surface area contributed by atoms with Crippen molar-refractivity contribution in [2.24, 2.45) is 0 Å². The summed E-state index contributed by atoms with van der Waals surface area (Å²) in [5.41, 5.74) is 1.86. The molecule has 5 nitrogen and oxygen atoms in total. The first-order valence-electron chi connectivity index (χ1n) is 10.6. The minimum Gasteiger partial charge on any atom is -0.491 e. The number of carbonyl (C=O) groups is 1. The molecular formula is C24H32N2O3. The van der Waals surface area contributed by atoms with Crippen LogP contribution < -0.4 is 10.1 Å². The van der Waals surface area contributed by atoms with Crippen LogP contribution in [0, 0.1) is 0 Å². The summed E-state index contributed by atoms with van der Waals surface area (Å²) in [6.07, 6.45) is 2.34. The fourth-order valence-electron chi connectivity index (χ4n) is 3.76. The summed E-state index contributed by atoms with van der Waals surface area (Å²) in [4.78, 5) is 15.0. The molecule has 1 fully saturated rings. The van der Waals surface area contributed by atoms with Gasteiger partial charge >= 0.3 is 0 Å². The number of likely N-dealkylation sites (N-methyl/N-ethyl adjacent to an activating group) is 1. The van der Waals surface area contributed by atoms with E-state index in [1.165, 1.54) is 5.56 Å². The second kappa shape index (κ2) is 11.0. The molecule has 0 radical (unpaired) electrons. The van der Waals surface area contributed by atoms with Gasteiger partial charge in [0.05, 0.1) is 12.1 Å². The third kappa shape index (κ3) is 6.05. The molecule has 0 aliphatic carbocycles. The Bertz CT molecular complexity index is 738. The number of rotatable bonds is 10. The molecule has 29 heavy (non-hydrogen) atoms. The predicted molar refractivity (Wildman–Crippen MR) is 115 cm³/mol. The van der Waals surface area contributed by atoms with Crippen LogP contribution in [0.25, 0.3) is 0 Å². The molecule has 156 valence electrons. The smallest absolute Gasteiger partial charge is 0.251 e. The first kappa shape index (κ1) is 21.3. The van der Waals surface area contributed by atoms with Crippen molar-refractivity contribution in [1.82, 2.24) is 10.2 Å². The standard InChI is InChI=1S/C24H32N2O3/c1-3-26(4-2)23(19-9-6-5-7-10-19)17-25-24(27)20-12-14-21(15-13-20)29-18-22-11-8-16-28-22/h5-7,9-10,12-15,22-23H,3-4,8,11,16-18H2,1-2H3,(H,25,27). The van der Waals surface area contributed by atoms with Crippen LogP contribution >= 0.6 is 0 Å². The van der Waals surface area contributed by atoms with E-state index in [9.17, 15) is 4.79 Å².